The third kappa shape index (κ3) is 5.37. The summed E-state index contributed by atoms with van der Waals surface area (Å²) in [5, 5.41) is 0.700. The molecule has 0 atom stereocenters. The minimum absolute atomic E-state index is 0.299. The van der Waals surface area contributed by atoms with E-state index in [1.54, 1.807) is 19.1 Å². The number of fused-ring (bicyclic) bond motifs is 1. The van der Waals surface area contributed by atoms with Gasteiger partial charge in [-0.25, -0.2) is 18.6 Å². The van der Waals surface area contributed by atoms with E-state index >= 15 is 0 Å². The van der Waals surface area contributed by atoms with Crippen LogP contribution in [0.2, 0.25) is 0 Å². The topological polar surface area (TPSA) is 53.4 Å². The fraction of sp³-hybridized carbons (Fsp3) is 0.364. The van der Waals surface area contributed by atoms with E-state index in [4.69, 9.17) is 9.47 Å². The van der Waals surface area contributed by atoms with E-state index in [0.717, 1.165) is 18.0 Å². The largest absolute Gasteiger partial charge is 0.462 e. The number of aryl methyl sites for hydroxylation is 1. The standard InChI is InChI=1S/C22H24F2N2O3S/c1-3-28-11-5-10-26-20-9-7-15(21(27)29-4-2)12-19(20)25-22(26)30-14-16-6-8-17(23)13-18(16)24/h6-9,12-13H,3-5,10-11,14H2,1-2H3. The van der Waals surface area contributed by atoms with Crippen LogP contribution in [0, 0.1) is 11.6 Å². The zero-order chi connectivity index (χ0) is 21.5. The van der Waals surface area contributed by atoms with Crippen LogP contribution in [0.5, 0.6) is 0 Å². The minimum atomic E-state index is -0.601. The van der Waals surface area contributed by atoms with Gasteiger partial charge in [0.05, 0.1) is 23.2 Å². The Morgan fingerprint density at radius 1 is 1.13 bits per heavy atom. The van der Waals surface area contributed by atoms with Crippen molar-refractivity contribution < 1.29 is 23.0 Å². The Morgan fingerprint density at radius 2 is 1.97 bits per heavy atom. The molecule has 1 heterocycles. The number of hydrogen-bond acceptors (Lipinski definition) is 5. The second-order valence-electron chi connectivity index (χ2n) is 6.54. The number of benzene rings is 2. The maximum absolute atomic E-state index is 14.0. The molecule has 160 valence electrons. The number of hydrogen-bond donors (Lipinski definition) is 0. The van der Waals surface area contributed by atoms with Crippen LogP contribution in [0.25, 0.3) is 11.0 Å². The zero-order valence-electron chi connectivity index (χ0n) is 17.0. The lowest BCUT2D eigenvalue weighted by Gasteiger charge is -2.10. The summed E-state index contributed by atoms with van der Waals surface area (Å²) in [5.74, 6) is -1.26. The molecule has 0 fully saturated rings. The molecule has 0 saturated carbocycles. The van der Waals surface area contributed by atoms with Gasteiger partial charge in [-0.2, -0.15) is 0 Å². The Bertz CT molecular complexity index is 1020. The Morgan fingerprint density at radius 3 is 2.70 bits per heavy atom. The first kappa shape index (κ1) is 22.2. The maximum Gasteiger partial charge on any atom is 0.338 e. The van der Waals surface area contributed by atoms with E-state index < -0.39 is 17.6 Å². The highest BCUT2D eigenvalue weighted by molar-refractivity contribution is 7.98. The molecule has 0 spiro atoms. The number of carbonyl (C=O) groups excluding carboxylic acids is 1. The summed E-state index contributed by atoms with van der Waals surface area (Å²) < 4.78 is 39.7. The van der Waals surface area contributed by atoms with Crippen molar-refractivity contribution >= 4 is 28.8 Å². The SMILES string of the molecule is CCOCCCn1c(SCc2ccc(F)cc2F)nc2cc(C(=O)OCC)ccc21. The van der Waals surface area contributed by atoms with Gasteiger partial charge in [-0.1, -0.05) is 17.8 Å². The van der Waals surface area contributed by atoms with Crippen LogP contribution < -0.4 is 0 Å². The van der Waals surface area contributed by atoms with Crippen LogP contribution in [0.3, 0.4) is 0 Å². The van der Waals surface area contributed by atoms with Crippen molar-refractivity contribution in [1.29, 1.82) is 0 Å². The molecule has 3 aromatic rings. The number of thioether (sulfide) groups is 1. The lowest BCUT2D eigenvalue weighted by molar-refractivity contribution is 0.0526. The van der Waals surface area contributed by atoms with E-state index in [1.165, 1.54) is 23.9 Å². The number of halogens is 2. The van der Waals surface area contributed by atoms with E-state index in [0.29, 0.717) is 53.9 Å². The monoisotopic (exact) mass is 434 g/mol. The van der Waals surface area contributed by atoms with Gasteiger partial charge < -0.3 is 14.0 Å². The van der Waals surface area contributed by atoms with Gasteiger partial charge in [0.15, 0.2) is 5.16 Å². The lowest BCUT2D eigenvalue weighted by Crippen LogP contribution is -2.05. The molecule has 0 radical (unpaired) electrons. The Balaban J connectivity index is 1.87. The molecule has 0 saturated heterocycles. The number of nitrogens with zero attached hydrogens (tertiary/aromatic N) is 2. The molecule has 8 heteroatoms. The molecule has 0 aliphatic rings. The number of esters is 1. The highest BCUT2D eigenvalue weighted by atomic mass is 32.2. The second kappa shape index (κ2) is 10.5. The van der Waals surface area contributed by atoms with Crippen molar-refractivity contribution in [2.24, 2.45) is 0 Å². The van der Waals surface area contributed by atoms with Crippen LogP contribution in [-0.4, -0.2) is 35.3 Å². The fourth-order valence-corrected chi connectivity index (χ4v) is 4.05. The van der Waals surface area contributed by atoms with E-state index in [1.807, 2.05) is 17.6 Å². The second-order valence-corrected chi connectivity index (χ2v) is 7.49. The molecule has 0 aliphatic carbocycles. The number of rotatable bonds is 10. The van der Waals surface area contributed by atoms with Crippen molar-refractivity contribution in [3.8, 4) is 0 Å². The first-order valence-corrected chi connectivity index (χ1v) is 10.8. The van der Waals surface area contributed by atoms with Crippen LogP contribution in [-0.2, 0) is 21.8 Å². The molecular weight excluding hydrogens is 410 g/mol. The van der Waals surface area contributed by atoms with Crippen LogP contribution in [0.15, 0.2) is 41.6 Å². The smallest absolute Gasteiger partial charge is 0.338 e. The normalized spacial score (nSPS) is 11.2. The van der Waals surface area contributed by atoms with Gasteiger partial charge in [-0.3, -0.25) is 0 Å². The summed E-state index contributed by atoms with van der Waals surface area (Å²) in [6, 6.07) is 8.84. The molecule has 0 N–H and O–H groups in total. The first-order valence-electron chi connectivity index (χ1n) is 9.85. The summed E-state index contributed by atoms with van der Waals surface area (Å²) in [7, 11) is 0. The van der Waals surface area contributed by atoms with Gasteiger partial charge in [0, 0.05) is 31.6 Å². The van der Waals surface area contributed by atoms with Gasteiger partial charge >= 0.3 is 5.97 Å². The molecular formula is C22H24F2N2O3S. The lowest BCUT2D eigenvalue weighted by atomic mass is 10.2. The van der Waals surface area contributed by atoms with Crippen LogP contribution >= 0.6 is 11.8 Å². The number of ether oxygens (including phenoxy) is 2. The summed E-state index contributed by atoms with van der Waals surface area (Å²) in [6.07, 6.45) is 0.789. The summed E-state index contributed by atoms with van der Waals surface area (Å²) in [6.45, 7) is 5.94. The average Bonchev–Trinajstić information content (AvgIpc) is 3.07. The highest BCUT2D eigenvalue weighted by Gasteiger charge is 2.15. The third-order valence-electron chi connectivity index (χ3n) is 4.47. The predicted octanol–water partition coefficient (Wildman–Crippen LogP) is 5.21. The Kier molecular flexibility index (Phi) is 7.81. The molecule has 0 bridgehead atoms. The summed E-state index contributed by atoms with van der Waals surface area (Å²) in [5.41, 5.74) is 2.38. The Hall–Kier alpha value is -2.45. The zero-order valence-corrected chi connectivity index (χ0v) is 17.8. The summed E-state index contributed by atoms with van der Waals surface area (Å²) in [4.78, 5) is 16.7. The molecule has 3 rings (SSSR count). The number of carbonyl (C=O) groups is 1. The van der Waals surface area contributed by atoms with E-state index in [-0.39, 0.29) is 0 Å². The third-order valence-corrected chi connectivity index (χ3v) is 5.50. The quantitative estimate of drug-likeness (QED) is 0.249. The predicted molar refractivity (Wildman–Crippen MR) is 113 cm³/mol. The van der Waals surface area contributed by atoms with Gasteiger partial charge in [-0.05, 0) is 50.1 Å². The Labute approximate surface area is 178 Å². The van der Waals surface area contributed by atoms with Crippen LogP contribution in [0.1, 0.15) is 36.2 Å². The van der Waals surface area contributed by atoms with Gasteiger partial charge in [0.1, 0.15) is 11.6 Å². The maximum atomic E-state index is 14.0. The van der Waals surface area contributed by atoms with Crippen molar-refractivity contribution in [1.82, 2.24) is 9.55 Å². The minimum Gasteiger partial charge on any atom is -0.462 e. The molecule has 0 amide bonds. The van der Waals surface area contributed by atoms with Crippen molar-refractivity contribution in [2.45, 2.75) is 37.7 Å². The van der Waals surface area contributed by atoms with Gasteiger partial charge in [0.2, 0.25) is 0 Å². The van der Waals surface area contributed by atoms with Crippen LogP contribution in [0.4, 0.5) is 8.78 Å². The van der Waals surface area contributed by atoms with E-state index in [2.05, 4.69) is 4.98 Å². The number of aromatic nitrogens is 2. The van der Waals surface area contributed by atoms with Gasteiger partial charge in [0.25, 0.3) is 0 Å². The molecule has 2 aromatic carbocycles. The number of imidazole rings is 1. The highest BCUT2D eigenvalue weighted by Crippen LogP contribution is 2.29. The molecule has 30 heavy (non-hydrogen) atoms. The molecule has 0 unspecified atom stereocenters. The summed E-state index contributed by atoms with van der Waals surface area (Å²) >= 11 is 1.37. The van der Waals surface area contributed by atoms with Crippen molar-refractivity contribution in [3.05, 3.63) is 59.2 Å². The average molecular weight is 435 g/mol. The van der Waals surface area contributed by atoms with Crippen molar-refractivity contribution in [2.75, 3.05) is 19.8 Å². The van der Waals surface area contributed by atoms with Crippen molar-refractivity contribution in [3.63, 3.8) is 0 Å². The molecule has 1 aromatic heterocycles. The van der Waals surface area contributed by atoms with Gasteiger partial charge in [-0.15, -0.1) is 0 Å². The fourth-order valence-electron chi connectivity index (χ4n) is 3.03. The van der Waals surface area contributed by atoms with E-state index in [9.17, 15) is 13.6 Å². The molecule has 0 aliphatic heterocycles. The molecule has 5 nitrogen and oxygen atoms in total. The first-order chi connectivity index (χ1) is 14.5.